The van der Waals surface area contributed by atoms with E-state index in [2.05, 4.69) is 31.9 Å². The molecule has 1 saturated carbocycles. The molecule has 0 bridgehead atoms. The number of hydrogen-bond acceptors (Lipinski definition) is 8. The Bertz CT molecular complexity index is 913. The number of nitrogens with one attached hydrogen (secondary N) is 2. The molecular formula is C19H24ClN7O2. The number of nitrogen functional groups attached to an aromatic ring is 1. The molecule has 0 atom stereocenters. The molecule has 29 heavy (non-hydrogen) atoms. The highest BCUT2D eigenvalue weighted by Crippen LogP contribution is 2.33. The fourth-order valence-electron chi connectivity index (χ4n) is 3.43. The highest BCUT2D eigenvalue weighted by molar-refractivity contribution is 6.30. The van der Waals surface area contributed by atoms with Gasteiger partial charge in [-0.3, -0.25) is 10.4 Å². The normalized spacial score (nSPS) is 18.8. The third-order valence-electron chi connectivity index (χ3n) is 5.02. The van der Waals surface area contributed by atoms with Crippen LogP contribution in [0.1, 0.15) is 38.4 Å². The molecule has 1 amide bonds. The van der Waals surface area contributed by atoms with Gasteiger partial charge < -0.3 is 21.5 Å². The Morgan fingerprint density at radius 2 is 2.03 bits per heavy atom. The maximum atomic E-state index is 11.0. The first-order valence-corrected chi connectivity index (χ1v) is 9.79. The highest BCUT2D eigenvalue weighted by atomic mass is 35.5. The van der Waals surface area contributed by atoms with Crippen LogP contribution in [0.2, 0.25) is 5.02 Å². The van der Waals surface area contributed by atoms with Gasteiger partial charge in [-0.15, -0.1) is 0 Å². The second kappa shape index (κ2) is 9.04. The summed E-state index contributed by atoms with van der Waals surface area (Å²) in [5, 5.41) is 11.6. The predicted molar refractivity (Wildman–Crippen MR) is 112 cm³/mol. The van der Waals surface area contributed by atoms with E-state index in [1.54, 1.807) is 12.3 Å². The lowest BCUT2D eigenvalue weighted by Gasteiger charge is -2.27. The van der Waals surface area contributed by atoms with E-state index < -0.39 is 12.0 Å². The number of primary amides is 1. The SMILES string of the molecule is CC1CCC(CNc2c(N)nc(C(=N)OC(N)=O)nc2-c2cncc(Cl)c2)CC1. The van der Waals surface area contributed by atoms with Crippen LogP contribution in [0.3, 0.4) is 0 Å². The van der Waals surface area contributed by atoms with Crippen LogP contribution in [-0.2, 0) is 4.74 Å². The molecule has 6 N–H and O–H groups in total. The van der Waals surface area contributed by atoms with Gasteiger partial charge in [-0.25, -0.2) is 14.8 Å². The topological polar surface area (TPSA) is 153 Å². The number of nitrogens with two attached hydrogens (primary N) is 2. The fourth-order valence-corrected chi connectivity index (χ4v) is 3.60. The van der Waals surface area contributed by atoms with E-state index in [-0.39, 0.29) is 11.6 Å². The minimum absolute atomic E-state index is 0.131. The number of halogens is 1. The van der Waals surface area contributed by atoms with Crippen LogP contribution in [0.15, 0.2) is 18.5 Å². The van der Waals surface area contributed by atoms with Gasteiger partial charge in [0.05, 0.1) is 5.02 Å². The number of ether oxygens (including phenoxy) is 1. The van der Waals surface area contributed by atoms with Crippen molar-refractivity contribution >= 4 is 35.1 Å². The van der Waals surface area contributed by atoms with E-state index in [4.69, 9.17) is 28.5 Å². The van der Waals surface area contributed by atoms with Crippen LogP contribution in [0.4, 0.5) is 16.3 Å². The second-order valence-electron chi connectivity index (χ2n) is 7.30. The van der Waals surface area contributed by atoms with Crippen molar-refractivity contribution in [2.75, 3.05) is 17.6 Å². The molecule has 0 aromatic carbocycles. The van der Waals surface area contributed by atoms with Gasteiger partial charge in [0.1, 0.15) is 11.4 Å². The van der Waals surface area contributed by atoms with Crippen molar-refractivity contribution in [2.45, 2.75) is 32.6 Å². The first-order valence-electron chi connectivity index (χ1n) is 9.42. The molecule has 2 aromatic rings. The number of rotatable bonds is 5. The predicted octanol–water partition coefficient (Wildman–Crippen LogP) is 3.43. The van der Waals surface area contributed by atoms with Crippen molar-refractivity contribution < 1.29 is 9.53 Å². The van der Waals surface area contributed by atoms with Gasteiger partial charge in [-0.05, 0) is 30.7 Å². The molecular weight excluding hydrogens is 394 g/mol. The fraction of sp³-hybridized carbons (Fsp3) is 0.421. The average molecular weight is 418 g/mol. The molecule has 10 heteroatoms. The Kier molecular flexibility index (Phi) is 6.48. The molecule has 0 spiro atoms. The first-order chi connectivity index (χ1) is 13.8. The third kappa shape index (κ3) is 5.32. The smallest absolute Gasteiger partial charge is 0.388 e. The summed E-state index contributed by atoms with van der Waals surface area (Å²) in [5.74, 6) is 0.684. The summed E-state index contributed by atoms with van der Waals surface area (Å²) in [7, 11) is 0. The summed E-state index contributed by atoms with van der Waals surface area (Å²) in [5.41, 5.74) is 12.7. The van der Waals surface area contributed by atoms with Crippen LogP contribution in [0.5, 0.6) is 0 Å². The molecule has 1 aliphatic rings. The maximum Gasteiger partial charge on any atom is 0.411 e. The summed E-state index contributed by atoms with van der Waals surface area (Å²) in [6, 6.07) is 1.69. The standard InChI is InChI=1S/C19H24ClN7O2/c1-10-2-4-11(5-3-10)7-25-15-14(12-6-13(20)9-24-8-12)26-18(27-16(15)21)17(22)29-19(23)28/h6,8-11,22,25H,2-5,7H2,1H3,(H2,23,28)(H2,21,26,27). The Morgan fingerprint density at radius 3 is 2.69 bits per heavy atom. The molecule has 1 aliphatic carbocycles. The van der Waals surface area contributed by atoms with Crippen LogP contribution in [0, 0.1) is 17.2 Å². The molecule has 1 fully saturated rings. The Morgan fingerprint density at radius 1 is 1.31 bits per heavy atom. The molecule has 2 heterocycles. The van der Waals surface area contributed by atoms with Crippen molar-refractivity contribution in [3.05, 3.63) is 29.3 Å². The van der Waals surface area contributed by atoms with E-state index in [1.807, 2.05) is 0 Å². The lowest BCUT2D eigenvalue weighted by Crippen LogP contribution is -2.23. The van der Waals surface area contributed by atoms with Crippen molar-refractivity contribution in [1.82, 2.24) is 15.0 Å². The lowest BCUT2D eigenvalue weighted by atomic mass is 9.83. The molecule has 3 rings (SSSR count). The summed E-state index contributed by atoms with van der Waals surface area (Å²) < 4.78 is 4.59. The summed E-state index contributed by atoms with van der Waals surface area (Å²) in [4.78, 5) is 23.5. The van der Waals surface area contributed by atoms with E-state index in [1.165, 1.54) is 19.0 Å². The van der Waals surface area contributed by atoms with E-state index in [0.29, 0.717) is 27.9 Å². The number of aromatic nitrogens is 3. The van der Waals surface area contributed by atoms with E-state index in [9.17, 15) is 4.79 Å². The molecule has 2 aromatic heterocycles. The molecule has 0 radical (unpaired) electrons. The maximum absolute atomic E-state index is 11.0. The number of nitrogens with zero attached hydrogens (tertiary/aromatic N) is 3. The van der Waals surface area contributed by atoms with E-state index in [0.717, 1.165) is 25.3 Å². The monoisotopic (exact) mass is 417 g/mol. The zero-order valence-corrected chi connectivity index (χ0v) is 16.9. The van der Waals surface area contributed by atoms with Gasteiger partial charge in [0, 0.05) is 24.5 Å². The molecule has 154 valence electrons. The van der Waals surface area contributed by atoms with Crippen LogP contribution in [-0.4, -0.2) is 33.5 Å². The molecule has 0 unspecified atom stereocenters. The molecule has 9 nitrogen and oxygen atoms in total. The number of hydrogen-bond donors (Lipinski definition) is 4. The van der Waals surface area contributed by atoms with Crippen LogP contribution < -0.4 is 16.8 Å². The number of amides is 1. The van der Waals surface area contributed by atoms with Crippen molar-refractivity contribution in [3.8, 4) is 11.3 Å². The third-order valence-corrected chi connectivity index (χ3v) is 5.23. The van der Waals surface area contributed by atoms with Crippen molar-refractivity contribution in [2.24, 2.45) is 17.6 Å². The zero-order chi connectivity index (χ0) is 21.0. The Balaban J connectivity index is 1.93. The number of carbonyl (C=O) groups excluding carboxylic acids is 1. The van der Waals surface area contributed by atoms with Gasteiger partial charge in [0.25, 0.3) is 5.90 Å². The van der Waals surface area contributed by atoms with Gasteiger partial charge in [0.15, 0.2) is 5.82 Å². The second-order valence-corrected chi connectivity index (χ2v) is 7.74. The first kappa shape index (κ1) is 20.8. The minimum atomic E-state index is -1.13. The minimum Gasteiger partial charge on any atom is -0.388 e. The summed E-state index contributed by atoms with van der Waals surface area (Å²) in [6.45, 7) is 3.01. The lowest BCUT2D eigenvalue weighted by molar-refractivity contribution is 0.207. The van der Waals surface area contributed by atoms with Gasteiger partial charge in [-0.2, -0.15) is 0 Å². The number of anilines is 2. The zero-order valence-electron chi connectivity index (χ0n) is 16.1. The Labute approximate surface area is 173 Å². The van der Waals surface area contributed by atoms with Crippen molar-refractivity contribution in [3.63, 3.8) is 0 Å². The molecule has 0 saturated heterocycles. The van der Waals surface area contributed by atoms with Gasteiger partial charge >= 0.3 is 6.09 Å². The van der Waals surface area contributed by atoms with Crippen molar-refractivity contribution in [1.29, 1.82) is 5.41 Å². The average Bonchev–Trinajstić information content (AvgIpc) is 2.67. The number of pyridine rings is 1. The van der Waals surface area contributed by atoms with Crippen LogP contribution in [0.25, 0.3) is 11.3 Å². The van der Waals surface area contributed by atoms with Gasteiger partial charge in [0.2, 0.25) is 5.82 Å². The summed E-state index contributed by atoms with van der Waals surface area (Å²) >= 11 is 6.08. The highest BCUT2D eigenvalue weighted by Gasteiger charge is 2.22. The number of carbonyl (C=O) groups is 1. The quantitative estimate of drug-likeness (QED) is 0.429. The Hall–Kier alpha value is -2.94. The van der Waals surface area contributed by atoms with E-state index >= 15 is 0 Å². The largest absolute Gasteiger partial charge is 0.411 e. The molecule has 0 aliphatic heterocycles. The van der Waals surface area contributed by atoms with Crippen LogP contribution >= 0.6 is 11.6 Å². The van der Waals surface area contributed by atoms with Gasteiger partial charge in [-0.1, -0.05) is 31.4 Å². The summed E-state index contributed by atoms with van der Waals surface area (Å²) in [6.07, 6.45) is 6.69.